The van der Waals surface area contributed by atoms with Crippen LogP contribution in [0, 0.1) is 0 Å². The molecule has 4 rings (SSSR count). The molecule has 2 aromatic heterocycles. The van der Waals surface area contributed by atoms with Crippen molar-refractivity contribution in [3.63, 3.8) is 0 Å². The first-order chi connectivity index (χ1) is 13.7. The smallest absolute Gasteiger partial charge is 0.201 e. The number of methoxy groups -OCH3 is 2. The first kappa shape index (κ1) is 18.6. The van der Waals surface area contributed by atoms with Gasteiger partial charge in [-0.2, -0.15) is 0 Å². The third kappa shape index (κ3) is 3.49. The normalized spacial score (nSPS) is 14.1. The summed E-state index contributed by atoms with van der Waals surface area (Å²) >= 11 is 1.56. The van der Waals surface area contributed by atoms with Crippen molar-refractivity contribution in [2.45, 2.75) is 19.3 Å². The highest BCUT2D eigenvalue weighted by atomic mass is 32.1. The molecule has 0 radical (unpaired) electrons. The van der Waals surface area contributed by atoms with E-state index < -0.39 is 0 Å². The van der Waals surface area contributed by atoms with E-state index >= 15 is 0 Å². The average Bonchev–Trinajstić information content (AvgIpc) is 3.24. The molecule has 0 atom stereocenters. The number of hydrogen-bond acceptors (Lipinski definition) is 7. The highest BCUT2D eigenvalue weighted by Gasteiger charge is 2.18. The fraction of sp³-hybridized carbons (Fsp3) is 0.333. The Kier molecular flexibility index (Phi) is 5.34. The molecule has 1 saturated heterocycles. The highest BCUT2D eigenvalue weighted by Crippen LogP contribution is 2.44. The lowest BCUT2D eigenvalue weighted by Gasteiger charge is -2.27. The van der Waals surface area contributed by atoms with Crippen LogP contribution in [0.1, 0.15) is 19.3 Å². The van der Waals surface area contributed by atoms with E-state index in [9.17, 15) is 5.11 Å². The minimum absolute atomic E-state index is 0.0201. The number of pyridine rings is 1. The summed E-state index contributed by atoms with van der Waals surface area (Å²) in [7, 11) is 3.04. The van der Waals surface area contributed by atoms with Crippen LogP contribution in [-0.2, 0) is 0 Å². The van der Waals surface area contributed by atoms with Crippen LogP contribution >= 0.6 is 11.3 Å². The molecular formula is C21H23N3O3S. The van der Waals surface area contributed by atoms with E-state index in [0.717, 1.165) is 40.7 Å². The van der Waals surface area contributed by atoms with Crippen molar-refractivity contribution < 1.29 is 14.6 Å². The number of ether oxygens (including phenoxy) is 2. The van der Waals surface area contributed by atoms with E-state index in [4.69, 9.17) is 14.5 Å². The fourth-order valence-electron chi connectivity index (χ4n) is 3.50. The molecule has 1 aliphatic rings. The fourth-order valence-corrected chi connectivity index (χ4v) is 4.32. The Morgan fingerprint density at radius 1 is 1.07 bits per heavy atom. The molecular weight excluding hydrogens is 374 g/mol. The van der Waals surface area contributed by atoms with Crippen LogP contribution in [0.3, 0.4) is 0 Å². The molecule has 0 amide bonds. The van der Waals surface area contributed by atoms with E-state index in [0.29, 0.717) is 11.5 Å². The van der Waals surface area contributed by atoms with Crippen molar-refractivity contribution in [2.75, 3.05) is 32.2 Å². The van der Waals surface area contributed by atoms with Gasteiger partial charge in [-0.15, -0.1) is 11.3 Å². The molecule has 0 aliphatic carbocycles. The molecule has 1 aromatic carbocycles. The quantitative estimate of drug-likeness (QED) is 0.679. The number of phenolic OH excluding ortho intramolecular Hbond substituents is 1. The minimum atomic E-state index is -0.0201. The van der Waals surface area contributed by atoms with Gasteiger partial charge in [-0.1, -0.05) is 0 Å². The predicted molar refractivity (Wildman–Crippen MR) is 112 cm³/mol. The number of thiazole rings is 1. The lowest BCUT2D eigenvalue weighted by atomic mass is 10.1. The zero-order valence-corrected chi connectivity index (χ0v) is 16.8. The summed E-state index contributed by atoms with van der Waals surface area (Å²) in [6.07, 6.45) is 5.57. The zero-order chi connectivity index (χ0) is 19.5. The second kappa shape index (κ2) is 8.06. The molecule has 0 spiro atoms. The molecule has 1 aliphatic heterocycles. The number of hydrogen-bond donors (Lipinski definition) is 1. The number of benzene rings is 1. The van der Waals surface area contributed by atoms with E-state index in [1.54, 1.807) is 17.4 Å². The summed E-state index contributed by atoms with van der Waals surface area (Å²) in [5.74, 6) is 1.72. The number of aromatic nitrogens is 2. The molecule has 0 unspecified atom stereocenters. The van der Waals surface area contributed by atoms with Gasteiger partial charge in [-0.3, -0.25) is 0 Å². The molecule has 1 fully saturated rings. The Morgan fingerprint density at radius 2 is 1.89 bits per heavy atom. The van der Waals surface area contributed by atoms with E-state index in [-0.39, 0.29) is 5.75 Å². The van der Waals surface area contributed by atoms with E-state index in [2.05, 4.69) is 16.0 Å². The molecule has 0 bridgehead atoms. The second-order valence-electron chi connectivity index (χ2n) is 6.69. The van der Waals surface area contributed by atoms with Crippen LogP contribution in [-0.4, -0.2) is 42.4 Å². The lowest BCUT2D eigenvalue weighted by Crippen LogP contribution is -2.30. The van der Waals surface area contributed by atoms with Gasteiger partial charge in [0.1, 0.15) is 10.8 Å². The van der Waals surface area contributed by atoms with Crippen molar-refractivity contribution in [1.82, 2.24) is 9.97 Å². The summed E-state index contributed by atoms with van der Waals surface area (Å²) in [6.45, 7) is 2.11. The van der Waals surface area contributed by atoms with Crippen molar-refractivity contribution >= 4 is 17.2 Å². The Hall–Kier alpha value is -2.80. The number of rotatable bonds is 5. The van der Waals surface area contributed by atoms with Crippen LogP contribution < -0.4 is 14.4 Å². The van der Waals surface area contributed by atoms with Gasteiger partial charge in [0.2, 0.25) is 5.75 Å². The van der Waals surface area contributed by atoms with E-state index in [1.807, 2.05) is 23.7 Å². The van der Waals surface area contributed by atoms with E-state index in [1.165, 1.54) is 33.5 Å². The van der Waals surface area contributed by atoms with Gasteiger partial charge in [0.15, 0.2) is 11.5 Å². The third-order valence-electron chi connectivity index (χ3n) is 4.97. The maximum absolute atomic E-state index is 10.3. The second-order valence-corrected chi connectivity index (χ2v) is 7.54. The maximum Gasteiger partial charge on any atom is 0.201 e. The summed E-state index contributed by atoms with van der Waals surface area (Å²) in [5, 5.41) is 13.2. The molecule has 3 heterocycles. The summed E-state index contributed by atoms with van der Waals surface area (Å²) in [4.78, 5) is 11.7. The topological polar surface area (TPSA) is 67.7 Å². The van der Waals surface area contributed by atoms with Gasteiger partial charge in [-0.05, 0) is 43.5 Å². The van der Waals surface area contributed by atoms with Gasteiger partial charge < -0.3 is 19.5 Å². The Labute approximate surface area is 168 Å². The largest absolute Gasteiger partial charge is 0.502 e. The van der Waals surface area contributed by atoms with Crippen molar-refractivity contribution in [3.8, 4) is 39.1 Å². The van der Waals surface area contributed by atoms with Gasteiger partial charge in [0.05, 0.1) is 19.9 Å². The van der Waals surface area contributed by atoms with Crippen LogP contribution in [0.15, 0.2) is 35.8 Å². The molecule has 6 nitrogen and oxygen atoms in total. The Morgan fingerprint density at radius 3 is 2.64 bits per heavy atom. The zero-order valence-electron chi connectivity index (χ0n) is 16.0. The monoisotopic (exact) mass is 397 g/mol. The molecule has 7 heteroatoms. The number of anilines is 1. The third-order valence-corrected chi connectivity index (χ3v) is 5.86. The number of nitrogens with zero attached hydrogens (tertiary/aromatic N) is 3. The summed E-state index contributed by atoms with van der Waals surface area (Å²) in [5.41, 5.74) is 2.53. The molecule has 0 saturated carbocycles. The molecule has 3 aromatic rings. The lowest BCUT2D eigenvalue weighted by molar-refractivity contribution is 0.341. The average molecular weight is 398 g/mol. The number of piperidine rings is 1. The van der Waals surface area contributed by atoms with Crippen LogP contribution in [0.2, 0.25) is 0 Å². The number of aromatic hydroxyl groups is 1. The first-order valence-corrected chi connectivity index (χ1v) is 10.2. The first-order valence-electron chi connectivity index (χ1n) is 9.32. The van der Waals surface area contributed by atoms with Crippen LogP contribution in [0.5, 0.6) is 17.2 Å². The van der Waals surface area contributed by atoms with Crippen molar-refractivity contribution in [2.24, 2.45) is 0 Å². The van der Waals surface area contributed by atoms with Crippen molar-refractivity contribution in [3.05, 3.63) is 35.8 Å². The molecule has 28 heavy (non-hydrogen) atoms. The van der Waals surface area contributed by atoms with Gasteiger partial charge in [-0.25, -0.2) is 9.97 Å². The van der Waals surface area contributed by atoms with Gasteiger partial charge in [0, 0.05) is 35.8 Å². The Balaban J connectivity index is 1.66. The Bertz CT molecular complexity index is 967. The van der Waals surface area contributed by atoms with Crippen LogP contribution in [0.25, 0.3) is 21.8 Å². The number of phenols is 1. The predicted octanol–water partition coefficient (Wildman–Crippen LogP) is 4.59. The minimum Gasteiger partial charge on any atom is -0.502 e. The standard InChI is InChI=1S/C21H23N3O3S/c1-26-17-7-6-15(20(27-2)19(17)25)16-13-28-21(23-16)14-8-9-22-18(12-14)24-10-4-3-5-11-24/h6-9,12-13,25H,3-5,10-11H2,1-2H3. The van der Waals surface area contributed by atoms with Gasteiger partial charge >= 0.3 is 0 Å². The van der Waals surface area contributed by atoms with Crippen LogP contribution in [0.4, 0.5) is 5.82 Å². The van der Waals surface area contributed by atoms with Crippen molar-refractivity contribution in [1.29, 1.82) is 0 Å². The maximum atomic E-state index is 10.3. The molecule has 1 N–H and O–H groups in total. The SMILES string of the molecule is COc1ccc(-c2csc(-c3ccnc(N4CCCCC4)c3)n2)c(OC)c1O. The summed E-state index contributed by atoms with van der Waals surface area (Å²) in [6, 6.07) is 7.66. The van der Waals surface area contributed by atoms with Gasteiger partial charge in [0.25, 0.3) is 0 Å². The highest BCUT2D eigenvalue weighted by molar-refractivity contribution is 7.13. The molecule has 146 valence electrons. The summed E-state index contributed by atoms with van der Waals surface area (Å²) < 4.78 is 10.6.